The lowest BCUT2D eigenvalue weighted by Crippen LogP contribution is -2.27. The summed E-state index contributed by atoms with van der Waals surface area (Å²) < 4.78 is 5.51. The largest absolute Gasteiger partial charge is 0.507 e. The van der Waals surface area contributed by atoms with E-state index in [0.29, 0.717) is 5.56 Å². The Morgan fingerprint density at radius 1 is 1.12 bits per heavy atom. The third kappa shape index (κ3) is 2.67. The Hall–Kier alpha value is -3.35. The van der Waals surface area contributed by atoms with Gasteiger partial charge in [-0.1, -0.05) is 0 Å². The van der Waals surface area contributed by atoms with E-state index in [1.165, 1.54) is 12.1 Å². The van der Waals surface area contributed by atoms with Gasteiger partial charge in [0.1, 0.15) is 34.7 Å². The molecule has 0 saturated heterocycles. The number of carbonyl (C=O) groups excluding carboxylic acids is 3. The van der Waals surface area contributed by atoms with Crippen LogP contribution in [-0.4, -0.2) is 39.3 Å². The maximum Gasteiger partial charge on any atom is 0.202 e. The molecule has 1 atom stereocenters. The molecule has 2 aromatic carbocycles. The molecule has 0 fully saturated rings. The van der Waals surface area contributed by atoms with Gasteiger partial charge in [-0.05, 0) is 31.5 Å². The molecule has 1 aliphatic heterocycles. The number of carbonyl (C=O) groups is 3. The average molecular weight is 356 g/mol. The van der Waals surface area contributed by atoms with Crippen LogP contribution in [0.5, 0.6) is 23.0 Å². The number of aldehydes is 1. The number of ether oxygens (including phenoxy) is 1. The normalized spacial score (nSPS) is 15.9. The van der Waals surface area contributed by atoms with Crippen molar-refractivity contribution in [2.75, 3.05) is 0 Å². The van der Waals surface area contributed by atoms with Crippen molar-refractivity contribution >= 4 is 17.9 Å². The van der Waals surface area contributed by atoms with Crippen LogP contribution < -0.4 is 4.74 Å². The molecule has 7 heteroatoms. The van der Waals surface area contributed by atoms with Crippen molar-refractivity contribution in [3.8, 4) is 23.0 Å². The Balaban J connectivity index is 2.33. The molecular weight excluding hydrogens is 340 g/mol. The van der Waals surface area contributed by atoms with E-state index in [9.17, 15) is 29.7 Å². The summed E-state index contributed by atoms with van der Waals surface area (Å²) in [4.78, 5) is 37.0. The van der Waals surface area contributed by atoms with Gasteiger partial charge >= 0.3 is 0 Å². The van der Waals surface area contributed by atoms with Gasteiger partial charge in [0.15, 0.2) is 12.1 Å². The van der Waals surface area contributed by atoms with Crippen LogP contribution in [0.3, 0.4) is 0 Å². The molecule has 26 heavy (non-hydrogen) atoms. The number of rotatable bonds is 3. The summed E-state index contributed by atoms with van der Waals surface area (Å²) in [5.74, 6) is -2.95. The standard InChI is InChI=1S/C19H16O7/c1-8-3-12(22)17(13(23)4-8)19(25)16-10(7-20)11(21)6-15-18(16)14(24)5-9(2)26-15/h3-4,6-7,9,21-23H,5H2,1-2H3. The van der Waals surface area contributed by atoms with Gasteiger partial charge in [-0.3, -0.25) is 14.4 Å². The van der Waals surface area contributed by atoms with Crippen LogP contribution in [0.15, 0.2) is 18.2 Å². The number of hydrogen-bond donors (Lipinski definition) is 3. The Morgan fingerprint density at radius 3 is 2.31 bits per heavy atom. The first-order valence-electron chi connectivity index (χ1n) is 7.86. The van der Waals surface area contributed by atoms with E-state index < -0.39 is 51.6 Å². The van der Waals surface area contributed by atoms with Crippen molar-refractivity contribution in [1.82, 2.24) is 0 Å². The smallest absolute Gasteiger partial charge is 0.202 e. The number of hydrogen-bond acceptors (Lipinski definition) is 7. The molecular formula is C19H16O7. The third-order valence-electron chi connectivity index (χ3n) is 4.20. The molecule has 1 unspecified atom stereocenters. The zero-order valence-corrected chi connectivity index (χ0v) is 14.1. The molecule has 0 saturated carbocycles. The maximum absolute atomic E-state index is 13.0. The second kappa shape index (κ2) is 6.18. The number of aryl methyl sites for hydroxylation is 1. The lowest BCUT2D eigenvalue weighted by atomic mass is 9.87. The Labute approximate surface area is 148 Å². The number of aromatic hydroxyl groups is 3. The lowest BCUT2D eigenvalue weighted by molar-refractivity contribution is 0.0860. The summed E-state index contributed by atoms with van der Waals surface area (Å²) >= 11 is 0. The summed E-state index contributed by atoms with van der Waals surface area (Å²) in [6, 6.07) is 3.64. The van der Waals surface area contributed by atoms with E-state index >= 15 is 0 Å². The van der Waals surface area contributed by atoms with E-state index in [2.05, 4.69) is 0 Å². The highest BCUT2D eigenvalue weighted by atomic mass is 16.5. The number of benzene rings is 2. The first-order valence-corrected chi connectivity index (χ1v) is 7.86. The van der Waals surface area contributed by atoms with Gasteiger partial charge in [0, 0.05) is 12.5 Å². The summed E-state index contributed by atoms with van der Waals surface area (Å²) in [5, 5.41) is 30.3. The van der Waals surface area contributed by atoms with Crippen molar-refractivity contribution in [2.24, 2.45) is 0 Å². The van der Waals surface area contributed by atoms with Crippen LogP contribution >= 0.6 is 0 Å². The Bertz CT molecular complexity index is 936. The molecule has 1 heterocycles. The number of phenolic OH excluding ortho intramolecular Hbond substituents is 3. The SMILES string of the molecule is Cc1cc(O)c(C(=O)c2c(C=O)c(O)cc3c2C(=O)CC(C)O3)c(O)c1. The fourth-order valence-corrected chi connectivity index (χ4v) is 3.11. The molecule has 3 N–H and O–H groups in total. The zero-order valence-electron chi connectivity index (χ0n) is 14.1. The van der Waals surface area contributed by atoms with E-state index in [4.69, 9.17) is 4.74 Å². The van der Waals surface area contributed by atoms with E-state index in [1.54, 1.807) is 13.8 Å². The van der Waals surface area contributed by atoms with Gasteiger partial charge in [-0.25, -0.2) is 0 Å². The van der Waals surface area contributed by atoms with Crippen molar-refractivity contribution in [3.05, 3.63) is 46.0 Å². The highest BCUT2D eigenvalue weighted by molar-refractivity contribution is 6.22. The van der Waals surface area contributed by atoms with E-state index in [0.717, 1.165) is 6.07 Å². The van der Waals surface area contributed by atoms with Crippen molar-refractivity contribution in [3.63, 3.8) is 0 Å². The van der Waals surface area contributed by atoms with Crippen LogP contribution in [-0.2, 0) is 0 Å². The van der Waals surface area contributed by atoms with Gasteiger partial charge in [-0.15, -0.1) is 0 Å². The summed E-state index contributed by atoms with van der Waals surface area (Å²) in [7, 11) is 0. The molecule has 1 aliphatic rings. The van der Waals surface area contributed by atoms with Gasteiger partial charge in [0.05, 0.1) is 16.7 Å². The van der Waals surface area contributed by atoms with Gasteiger partial charge in [0.2, 0.25) is 5.78 Å². The summed E-state index contributed by atoms with van der Waals surface area (Å²) in [5.41, 5.74) is -0.899. The van der Waals surface area contributed by atoms with E-state index in [-0.39, 0.29) is 24.0 Å². The molecule has 2 aromatic rings. The zero-order chi connectivity index (χ0) is 19.2. The predicted octanol–water partition coefficient (Wildman–Crippen LogP) is 2.51. The predicted molar refractivity (Wildman–Crippen MR) is 90.5 cm³/mol. The molecule has 0 radical (unpaired) electrons. The minimum absolute atomic E-state index is 0.0117. The Kier molecular flexibility index (Phi) is 4.15. The highest BCUT2D eigenvalue weighted by Crippen LogP contribution is 2.40. The molecule has 0 bridgehead atoms. The fraction of sp³-hybridized carbons (Fsp3) is 0.211. The fourth-order valence-electron chi connectivity index (χ4n) is 3.11. The van der Waals surface area contributed by atoms with Crippen molar-refractivity contribution < 1.29 is 34.4 Å². The molecule has 0 aliphatic carbocycles. The van der Waals surface area contributed by atoms with E-state index in [1.807, 2.05) is 0 Å². The topological polar surface area (TPSA) is 121 Å². The maximum atomic E-state index is 13.0. The quantitative estimate of drug-likeness (QED) is 0.570. The minimum atomic E-state index is -0.958. The van der Waals surface area contributed by atoms with Gasteiger partial charge < -0.3 is 20.1 Å². The molecule has 0 spiro atoms. The second-order valence-corrected chi connectivity index (χ2v) is 6.24. The molecule has 3 rings (SSSR count). The van der Waals surface area contributed by atoms with Gasteiger partial charge in [-0.2, -0.15) is 0 Å². The highest BCUT2D eigenvalue weighted by Gasteiger charge is 2.34. The molecule has 134 valence electrons. The molecule has 7 nitrogen and oxygen atoms in total. The summed E-state index contributed by atoms with van der Waals surface area (Å²) in [6.45, 7) is 3.27. The number of Topliss-reactive ketones (excluding diaryl/α,β-unsaturated/α-hetero) is 1. The third-order valence-corrected chi connectivity index (χ3v) is 4.20. The second-order valence-electron chi connectivity index (χ2n) is 6.24. The van der Waals surface area contributed by atoms with Crippen LogP contribution in [0.1, 0.15) is 55.5 Å². The number of phenols is 3. The van der Waals surface area contributed by atoms with Gasteiger partial charge in [0.25, 0.3) is 0 Å². The van der Waals surface area contributed by atoms with Crippen LogP contribution in [0.4, 0.5) is 0 Å². The minimum Gasteiger partial charge on any atom is -0.507 e. The lowest BCUT2D eigenvalue weighted by Gasteiger charge is -2.25. The molecule has 0 amide bonds. The van der Waals surface area contributed by atoms with Crippen LogP contribution in [0.25, 0.3) is 0 Å². The summed E-state index contributed by atoms with van der Waals surface area (Å²) in [6.07, 6.45) is -0.223. The monoisotopic (exact) mass is 356 g/mol. The Morgan fingerprint density at radius 2 is 1.73 bits per heavy atom. The van der Waals surface area contributed by atoms with Crippen molar-refractivity contribution in [1.29, 1.82) is 0 Å². The number of ketones is 2. The first-order chi connectivity index (χ1) is 12.2. The van der Waals surface area contributed by atoms with Crippen molar-refractivity contribution in [2.45, 2.75) is 26.4 Å². The molecule has 0 aromatic heterocycles. The average Bonchev–Trinajstić information content (AvgIpc) is 2.51. The first kappa shape index (κ1) is 17.5. The number of fused-ring (bicyclic) bond motifs is 1. The van der Waals surface area contributed by atoms with Crippen LogP contribution in [0, 0.1) is 6.92 Å². The van der Waals surface area contributed by atoms with Crippen LogP contribution in [0.2, 0.25) is 0 Å².